The second-order valence-corrected chi connectivity index (χ2v) is 3.46. The number of aryl methyl sites for hydroxylation is 1. The molecule has 3 heteroatoms. The molecule has 0 radical (unpaired) electrons. The van der Waals surface area contributed by atoms with Gasteiger partial charge in [0.1, 0.15) is 6.04 Å². The van der Waals surface area contributed by atoms with E-state index in [-0.39, 0.29) is 0 Å². The van der Waals surface area contributed by atoms with Crippen molar-refractivity contribution in [1.29, 1.82) is 5.26 Å². The minimum absolute atomic E-state index is 0.444. The minimum Gasteiger partial charge on any atom is -0.312 e. The third-order valence-electron chi connectivity index (χ3n) is 1.48. The van der Waals surface area contributed by atoms with E-state index in [4.69, 9.17) is 11.0 Å². The predicted octanol–water partition coefficient (Wildman–Crippen LogP) is 1.83. The maximum Gasteiger partial charge on any atom is 0.128 e. The Morgan fingerprint density at radius 3 is 2.91 bits per heavy atom. The van der Waals surface area contributed by atoms with Crippen LogP contribution in [0.2, 0.25) is 0 Å². The first-order valence-electron chi connectivity index (χ1n) is 3.51. The Bertz CT molecular complexity index is 272. The third-order valence-corrected chi connectivity index (χ3v) is 2.79. The van der Waals surface area contributed by atoms with Crippen molar-refractivity contribution < 1.29 is 0 Å². The van der Waals surface area contributed by atoms with Gasteiger partial charge in [-0.15, -0.1) is 11.3 Å². The van der Waals surface area contributed by atoms with Gasteiger partial charge in [0.15, 0.2) is 0 Å². The molecular formula is C8H10N2S. The summed E-state index contributed by atoms with van der Waals surface area (Å²) in [7, 11) is 0. The molecule has 1 rings (SSSR count). The van der Waals surface area contributed by atoms with E-state index in [9.17, 15) is 0 Å². The monoisotopic (exact) mass is 166 g/mol. The molecule has 0 aromatic carbocycles. The summed E-state index contributed by atoms with van der Waals surface area (Å²) in [5.41, 5.74) is 5.51. The maximum atomic E-state index is 8.50. The first-order chi connectivity index (χ1) is 5.27. The molecule has 1 aromatic heterocycles. The molecule has 0 spiro atoms. The lowest BCUT2D eigenvalue weighted by Gasteiger charge is -1.94. The van der Waals surface area contributed by atoms with Gasteiger partial charge >= 0.3 is 0 Å². The Balaban J connectivity index is 2.82. The molecule has 1 heterocycles. The van der Waals surface area contributed by atoms with Gasteiger partial charge in [-0.05, 0) is 18.6 Å². The Morgan fingerprint density at radius 2 is 2.45 bits per heavy atom. The van der Waals surface area contributed by atoms with Crippen molar-refractivity contribution in [3.05, 3.63) is 21.9 Å². The zero-order chi connectivity index (χ0) is 8.27. The lowest BCUT2D eigenvalue weighted by atomic mass is 10.3. The van der Waals surface area contributed by atoms with E-state index in [1.807, 2.05) is 18.2 Å². The van der Waals surface area contributed by atoms with Crippen LogP contribution in [0.4, 0.5) is 0 Å². The van der Waals surface area contributed by atoms with Crippen LogP contribution in [0, 0.1) is 11.3 Å². The van der Waals surface area contributed by atoms with E-state index in [0.29, 0.717) is 0 Å². The van der Waals surface area contributed by atoms with Gasteiger partial charge in [0.25, 0.3) is 0 Å². The largest absolute Gasteiger partial charge is 0.312 e. The molecule has 1 atom stereocenters. The van der Waals surface area contributed by atoms with Gasteiger partial charge in [0, 0.05) is 9.75 Å². The Kier molecular flexibility index (Phi) is 2.64. The van der Waals surface area contributed by atoms with E-state index in [1.54, 1.807) is 11.3 Å². The smallest absolute Gasteiger partial charge is 0.128 e. The zero-order valence-electron chi connectivity index (χ0n) is 6.37. The highest BCUT2D eigenvalue weighted by Crippen LogP contribution is 2.21. The van der Waals surface area contributed by atoms with Crippen molar-refractivity contribution in [2.24, 2.45) is 5.73 Å². The van der Waals surface area contributed by atoms with Gasteiger partial charge in [-0.3, -0.25) is 0 Å². The molecule has 1 aromatic rings. The summed E-state index contributed by atoms with van der Waals surface area (Å²) in [6.07, 6.45) is 1.02. The van der Waals surface area contributed by atoms with Crippen LogP contribution in [0.1, 0.15) is 22.7 Å². The van der Waals surface area contributed by atoms with Gasteiger partial charge in [-0.25, -0.2) is 0 Å². The van der Waals surface area contributed by atoms with Crippen molar-refractivity contribution in [2.75, 3.05) is 0 Å². The third kappa shape index (κ3) is 1.79. The second-order valence-electron chi connectivity index (χ2n) is 2.26. The fourth-order valence-electron chi connectivity index (χ4n) is 0.815. The summed E-state index contributed by atoms with van der Waals surface area (Å²) in [6.45, 7) is 2.09. The molecule has 2 N–H and O–H groups in total. The number of rotatable bonds is 2. The maximum absolute atomic E-state index is 8.50. The standard InChI is InChI=1S/C8H10N2S/c1-2-6-3-4-8(11-6)7(10)5-9/h3-4,7H,2,10H2,1H3. The van der Waals surface area contributed by atoms with Crippen molar-refractivity contribution >= 4 is 11.3 Å². The van der Waals surface area contributed by atoms with Crippen LogP contribution in [-0.2, 0) is 6.42 Å². The normalized spacial score (nSPS) is 12.5. The van der Waals surface area contributed by atoms with Crippen molar-refractivity contribution in [1.82, 2.24) is 0 Å². The molecule has 2 nitrogen and oxygen atoms in total. The van der Waals surface area contributed by atoms with E-state index in [1.165, 1.54) is 4.88 Å². The molecule has 0 saturated heterocycles. The molecular weight excluding hydrogens is 156 g/mol. The van der Waals surface area contributed by atoms with Gasteiger partial charge in [-0.1, -0.05) is 6.92 Å². The molecule has 1 unspecified atom stereocenters. The lowest BCUT2D eigenvalue weighted by molar-refractivity contribution is 0.951. The van der Waals surface area contributed by atoms with Crippen molar-refractivity contribution in [3.8, 4) is 6.07 Å². The molecule has 0 bridgehead atoms. The highest BCUT2D eigenvalue weighted by atomic mass is 32.1. The molecule has 0 aliphatic carbocycles. The average Bonchev–Trinajstić information content (AvgIpc) is 2.50. The van der Waals surface area contributed by atoms with E-state index < -0.39 is 6.04 Å². The van der Waals surface area contributed by atoms with Crippen LogP contribution in [0.5, 0.6) is 0 Å². The van der Waals surface area contributed by atoms with Crippen LogP contribution < -0.4 is 5.73 Å². The molecule has 58 valence electrons. The molecule has 0 amide bonds. The average molecular weight is 166 g/mol. The number of nitriles is 1. The number of thiophene rings is 1. The summed E-state index contributed by atoms with van der Waals surface area (Å²) < 4.78 is 0. The van der Waals surface area contributed by atoms with Gasteiger partial charge in [-0.2, -0.15) is 5.26 Å². The van der Waals surface area contributed by atoms with Crippen molar-refractivity contribution in [2.45, 2.75) is 19.4 Å². The number of hydrogen-bond donors (Lipinski definition) is 1. The van der Waals surface area contributed by atoms with Crippen LogP contribution in [-0.4, -0.2) is 0 Å². The molecule has 11 heavy (non-hydrogen) atoms. The van der Waals surface area contributed by atoms with Gasteiger partial charge in [0.2, 0.25) is 0 Å². The Labute approximate surface area is 70.3 Å². The van der Waals surface area contributed by atoms with E-state index >= 15 is 0 Å². The highest BCUT2D eigenvalue weighted by Gasteiger charge is 2.05. The summed E-state index contributed by atoms with van der Waals surface area (Å²) >= 11 is 1.62. The van der Waals surface area contributed by atoms with Crippen LogP contribution in [0.15, 0.2) is 12.1 Å². The van der Waals surface area contributed by atoms with Gasteiger partial charge < -0.3 is 5.73 Å². The number of hydrogen-bond acceptors (Lipinski definition) is 3. The fourth-order valence-corrected chi connectivity index (χ4v) is 1.71. The lowest BCUT2D eigenvalue weighted by Crippen LogP contribution is -2.04. The molecule has 0 aliphatic rings. The minimum atomic E-state index is -0.444. The van der Waals surface area contributed by atoms with Crippen molar-refractivity contribution in [3.63, 3.8) is 0 Å². The van der Waals surface area contributed by atoms with Crippen LogP contribution >= 0.6 is 11.3 Å². The second kappa shape index (κ2) is 3.51. The SMILES string of the molecule is CCc1ccc(C(N)C#N)s1. The quantitative estimate of drug-likeness (QED) is 0.728. The first kappa shape index (κ1) is 8.25. The Hall–Kier alpha value is -0.850. The Morgan fingerprint density at radius 1 is 1.73 bits per heavy atom. The molecule has 0 fully saturated rings. The summed E-state index contributed by atoms with van der Waals surface area (Å²) in [4.78, 5) is 2.25. The fraction of sp³-hybridized carbons (Fsp3) is 0.375. The summed E-state index contributed by atoms with van der Waals surface area (Å²) in [5.74, 6) is 0. The topological polar surface area (TPSA) is 49.8 Å². The summed E-state index contributed by atoms with van der Waals surface area (Å²) in [5, 5.41) is 8.50. The predicted molar refractivity (Wildman–Crippen MR) is 46.2 cm³/mol. The van der Waals surface area contributed by atoms with Crippen LogP contribution in [0.3, 0.4) is 0 Å². The number of nitrogens with two attached hydrogens (primary N) is 1. The van der Waals surface area contributed by atoms with E-state index in [0.717, 1.165) is 11.3 Å². The van der Waals surface area contributed by atoms with E-state index in [2.05, 4.69) is 6.92 Å². The zero-order valence-corrected chi connectivity index (χ0v) is 7.19. The number of nitrogens with zero attached hydrogens (tertiary/aromatic N) is 1. The first-order valence-corrected chi connectivity index (χ1v) is 4.33. The molecule has 0 aliphatic heterocycles. The van der Waals surface area contributed by atoms with Crippen LogP contribution in [0.25, 0.3) is 0 Å². The summed E-state index contributed by atoms with van der Waals surface area (Å²) in [6, 6.07) is 5.52. The highest BCUT2D eigenvalue weighted by molar-refractivity contribution is 7.12. The molecule has 0 saturated carbocycles. The van der Waals surface area contributed by atoms with Gasteiger partial charge in [0.05, 0.1) is 6.07 Å².